The van der Waals surface area contributed by atoms with Crippen molar-refractivity contribution in [1.82, 2.24) is 15.0 Å². The third-order valence-corrected chi connectivity index (χ3v) is 8.11. The number of hydrogen-bond donors (Lipinski definition) is 0. The van der Waals surface area contributed by atoms with Crippen molar-refractivity contribution in [2.75, 3.05) is 0 Å². The summed E-state index contributed by atoms with van der Waals surface area (Å²) in [6, 6.07) is 52.0. The maximum absolute atomic E-state index is 12.9. The molecule has 0 bridgehead atoms. The molecule has 7 heteroatoms. The van der Waals surface area contributed by atoms with Gasteiger partial charge in [-0.1, -0.05) is 72.8 Å². The molecule has 0 saturated carbocycles. The molecule has 6 aromatic carbocycles. The number of benzene rings is 6. The van der Waals surface area contributed by atoms with Gasteiger partial charge in [-0.05, 0) is 67.6 Å². The molecule has 0 aliphatic carbocycles. The minimum atomic E-state index is -0.283. The van der Waals surface area contributed by atoms with Gasteiger partial charge in [-0.25, -0.2) is 0 Å². The van der Waals surface area contributed by atoms with E-state index in [1.807, 2.05) is 91.0 Å². The van der Waals surface area contributed by atoms with E-state index in [1.54, 1.807) is 36.8 Å². The second-order valence-corrected chi connectivity index (χ2v) is 11.4. The van der Waals surface area contributed by atoms with Gasteiger partial charge in [0, 0.05) is 36.0 Å². The van der Waals surface area contributed by atoms with Crippen LogP contribution in [-0.2, 0) is 20.1 Å². The van der Waals surface area contributed by atoms with Gasteiger partial charge in [0.1, 0.15) is 0 Å². The summed E-state index contributed by atoms with van der Waals surface area (Å²) in [6.45, 7) is 0. The molecular weight excluding hydrogens is 832 g/mol. The summed E-state index contributed by atoms with van der Waals surface area (Å²) in [5.41, 5.74) is 4.93. The number of rotatable bonds is 3. The van der Waals surface area contributed by atoms with Crippen LogP contribution in [0.25, 0.3) is 66.1 Å². The van der Waals surface area contributed by atoms with Crippen LogP contribution in [0.5, 0.6) is 0 Å². The number of halogens is 3. The van der Waals surface area contributed by atoms with Gasteiger partial charge in [-0.2, -0.15) is 0 Å². The van der Waals surface area contributed by atoms with Crippen molar-refractivity contribution in [3.05, 3.63) is 200 Å². The number of aromatic nitrogens is 3. The second-order valence-electron chi connectivity index (χ2n) is 11.4. The average molecular weight is 859 g/mol. The third kappa shape index (κ3) is 8.30. The van der Waals surface area contributed by atoms with E-state index in [-0.39, 0.29) is 37.6 Å². The Morgan fingerprint density at radius 2 is 0.635 bits per heavy atom. The van der Waals surface area contributed by atoms with Crippen LogP contribution in [-0.4, -0.2) is 15.0 Å². The molecule has 3 aromatic heterocycles. The van der Waals surface area contributed by atoms with Crippen LogP contribution in [0.3, 0.4) is 0 Å². The van der Waals surface area contributed by atoms with Gasteiger partial charge in [-0.3, -0.25) is 13.2 Å². The summed E-state index contributed by atoms with van der Waals surface area (Å²) in [6.07, 6.45) is 5.28. The fourth-order valence-electron chi connectivity index (χ4n) is 5.66. The maximum Gasteiger partial charge on any atom is 3.00 e. The van der Waals surface area contributed by atoms with Gasteiger partial charge in [0.2, 0.25) is 0 Å². The Labute approximate surface area is 312 Å². The standard InChI is InChI=1S/3C15H9FN.Ir/c3*16-13-7-5-12(6-8-13)15-14-4-2-1-3-11(14)9-10-17-15;/h3*1-5,7-10H;/q3*-1;+3. The normalized spacial score (nSPS) is 10.4. The summed E-state index contributed by atoms with van der Waals surface area (Å²) in [5.74, 6) is -0.850. The predicted molar refractivity (Wildman–Crippen MR) is 198 cm³/mol. The molecule has 0 atom stereocenters. The van der Waals surface area contributed by atoms with Crippen LogP contribution in [0, 0.1) is 35.7 Å². The molecule has 9 aromatic rings. The molecule has 252 valence electrons. The van der Waals surface area contributed by atoms with Crippen molar-refractivity contribution in [3.8, 4) is 33.8 Å². The first-order chi connectivity index (χ1) is 25.0. The molecular formula is C45H27F3IrN3. The molecule has 0 amide bonds. The Hall–Kier alpha value is -6.01. The molecule has 0 aliphatic heterocycles. The summed E-state index contributed by atoms with van der Waals surface area (Å²) < 4.78 is 38.6. The van der Waals surface area contributed by atoms with Gasteiger partial charge in [0.15, 0.2) is 0 Å². The average Bonchev–Trinajstić information content (AvgIpc) is 3.19. The van der Waals surface area contributed by atoms with E-state index in [1.165, 1.54) is 36.4 Å². The Kier molecular flexibility index (Phi) is 11.6. The Bertz CT molecular complexity index is 2260. The smallest absolute Gasteiger partial charge is 0.304 e. The Morgan fingerprint density at radius 3 is 0.904 bits per heavy atom. The van der Waals surface area contributed by atoms with Crippen molar-refractivity contribution in [1.29, 1.82) is 0 Å². The topological polar surface area (TPSA) is 38.7 Å². The van der Waals surface area contributed by atoms with E-state index in [0.29, 0.717) is 0 Å². The largest absolute Gasteiger partial charge is 3.00 e. The van der Waals surface area contributed by atoms with Gasteiger partial charge in [0.25, 0.3) is 0 Å². The zero-order chi connectivity index (χ0) is 35.0. The molecule has 0 saturated heterocycles. The van der Waals surface area contributed by atoms with Crippen LogP contribution in [0.4, 0.5) is 13.2 Å². The quantitative estimate of drug-likeness (QED) is 0.166. The first-order valence-electron chi connectivity index (χ1n) is 16.1. The van der Waals surface area contributed by atoms with E-state index in [9.17, 15) is 13.2 Å². The minimum Gasteiger partial charge on any atom is -0.304 e. The summed E-state index contributed by atoms with van der Waals surface area (Å²) in [7, 11) is 0. The van der Waals surface area contributed by atoms with Crippen molar-refractivity contribution >= 4 is 32.3 Å². The monoisotopic (exact) mass is 859 g/mol. The zero-order valence-electron chi connectivity index (χ0n) is 27.4. The van der Waals surface area contributed by atoms with E-state index < -0.39 is 0 Å². The first-order valence-corrected chi connectivity index (χ1v) is 16.1. The minimum absolute atomic E-state index is 0. The van der Waals surface area contributed by atoms with Gasteiger partial charge in [0.05, 0.1) is 0 Å². The summed E-state index contributed by atoms with van der Waals surface area (Å²) in [5, 5.41) is 6.52. The SMILES string of the molecule is Fc1c[c-]c(-c2nccc3ccccc23)cc1.Fc1c[c-]c(-c2nccc3ccccc23)cc1.Fc1c[c-]c(-c2nccc3ccccc23)cc1.[Ir+3]. The molecule has 0 N–H and O–H groups in total. The Balaban J connectivity index is 0.000000133. The van der Waals surface area contributed by atoms with E-state index >= 15 is 0 Å². The predicted octanol–water partition coefficient (Wildman–Crippen LogP) is 11.5. The van der Waals surface area contributed by atoms with Crippen molar-refractivity contribution < 1.29 is 33.3 Å². The van der Waals surface area contributed by atoms with Crippen LogP contribution in [0.15, 0.2) is 164 Å². The molecule has 52 heavy (non-hydrogen) atoms. The second kappa shape index (κ2) is 16.8. The molecule has 0 fully saturated rings. The van der Waals surface area contributed by atoms with Crippen molar-refractivity contribution in [2.45, 2.75) is 0 Å². The number of pyridine rings is 3. The van der Waals surface area contributed by atoms with Crippen LogP contribution in [0.1, 0.15) is 0 Å². The van der Waals surface area contributed by atoms with Crippen LogP contribution < -0.4 is 0 Å². The molecule has 9 rings (SSSR count). The molecule has 0 unspecified atom stereocenters. The van der Waals surface area contributed by atoms with Crippen LogP contribution in [0.2, 0.25) is 0 Å². The van der Waals surface area contributed by atoms with Crippen LogP contribution >= 0.6 is 0 Å². The molecule has 3 nitrogen and oxygen atoms in total. The van der Waals surface area contributed by atoms with Crippen molar-refractivity contribution in [3.63, 3.8) is 0 Å². The third-order valence-electron chi connectivity index (χ3n) is 8.11. The zero-order valence-corrected chi connectivity index (χ0v) is 29.8. The molecule has 0 spiro atoms. The summed E-state index contributed by atoms with van der Waals surface area (Å²) >= 11 is 0. The van der Waals surface area contributed by atoms with Crippen molar-refractivity contribution in [2.24, 2.45) is 0 Å². The van der Waals surface area contributed by atoms with E-state index in [2.05, 4.69) is 33.2 Å². The molecule has 0 radical (unpaired) electrons. The Morgan fingerprint density at radius 1 is 0.346 bits per heavy atom. The van der Waals surface area contributed by atoms with Gasteiger partial charge >= 0.3 is 20.1 Å². The van der Waals surface area contributed by atoms with E-state index in [0.717, 1.165) is 66.1 Å². The van der Waals surface area contributed by atoms with E-state index in [4.69, 9.17) is 0 Å². The van der Waals surface area contributed by atoms with Gasteiger partial charge < -0.3 is 15.0 Å². The number of fused-ring (bicyclic) bond motifs is 3. The summed E-state index contributed by atoms with van der Waals surface area (Å²) in [4.78, 5) is 13.1. The van der Waals surface area contributed by atoms with Gasteiger partial charge in [-0.15, -0.1) is 89.5 Å². The maximum atomic E-state index is 12.9. The number of nitrogens with zero attached hydrogens (tertiary/aromatic N) is 3. The fraction of sp³-hybridized carbons (Fsp3) is 0. The fourth-order valence-corrected chi connectivity index (χ4v) is 5.66. The molecule has 3 heterocycles. The molecule has 0 aliphatic rings. The number of hydrogen-bond acceptors (Lipinski definition) is 3. The first kappa shape index (κ1) is 35.8.